The van der Waals surface area contributed by atoms with Crippen LogP contribution in [-0.4, -0.2) is 25.9 Å². The average Bonchev–Trinajstić information content (AvgIpc) is 2.89. The molecule has 1 aromatic carbocycles. The summed E-state index contributed by atoms with van der Waals surface area (Å²) in [5.74, 6) is -0.101. The number of thioether (sulfide) groups is 1. The smallest absolute Gasteiger partial charge is 0.237 e. The number of hydrogen-bond acceptors (Lipinski definition) is 4. The van der Waals surface area contributed by atoms with E-state index in [2.05, 4.69) is 22.1 Å². The van der Waals surface area contributed by atoms with E-state index < -0.39 is 0 Å². The molecule has 0 radical (unpaired) electrons. The molecular formula is C14H15ClN4OS. The van der Waals surface area contributed by atoms with Crippen molar-refractivity contribution in [2.45, 2.75) is 23.9 Å². The highest BCUT2D eigenvalue weighted by Crippen LogP contribution is 2.22. The standard InChI is InChI=1S/C14H15ClN4OS/c1-3-8-19-9-16-18-14(19)21-10(2)13(20)17-12-6-4-11(15)5-7-12/h3-7,9-10H,1,8H2,2H3,(H,17,20)/t10-/m1/s1. The molecule has 0 aliphatic rings. The SMILES string of the molecule is C=CCn1cnnc1S[C@H](C)C(=O)Nc1ccc(Cl)cc1. The maximum absolute atomic E-state index is 12.2. The Balaban J connectivity index is 1.97. The molecule has 5 nitrogen and oxygen atoms in total. The Morgan fingerprint density at radius 1 is 1.52 bits per heavy atom. The lowest BCUT2D eigenvalue weighted by Gasteiger charge is -2.12. The summed E-state index contributed by atoms with van der Waals surface area (Å²) in [5.41, 5.74) is 0.712. The molecule has 0 unspecified atom stereocenters. The topological polar surface area (TPSA) is 59.8 Å². The van der Waals surface area contributed by atoms with E-state index in [4.69, 9.17) is 11.6 Å². The molecule has 0 fully saturated rings. The highest BCUT2D eigenvalue weighted by molar-refractivity contribution is 8.00. The van der Waals surface area contributed by atoms with Crippen LogP contribution in [0.2, 0.25) is 5.02 Å². The molecule has 1 heterocycles. The van der Waals surface area contributed by atoms with Gasteiger partial charge in [-0.1, -0.05) is 29.4 Å². The number of allylic oxidation sites excluding steroid dienone is 1. The zero-order chi connectivity index (χ0) is 15.2. The summed E-state index contributed by atoms with van der Waals surface area (Å²) in [6.07, 6.45) is 3.37. The Labute approximate surface area is 132 Å². The van der Waals surface area contributed by atoms with Gasteiger partial charge in [-0.25, -0.2) is 0 Å². The first kappa shape index (κ1) is 15.6. The number of aromatic nitrogens is 3. The maximum Gasteiger partial charge on any atom is 0.237 e. The fourth-order valence-corrected chi connectivity index (χ4v) is 2.55. The molecule has 110 valence electrons. The van der Waals surface area contributed by atoms with Crippen LogP contribution in [0.5, 0.6) is 0 Å². The lowest BCUT2D eigenvalue weighted by molar-refractivity contribution is -0.115. The minimum atomic E-state index is -0.298. The first-order valence-electron chi connectivity index (χ1n) is 6.32. The average molecular weight is 323 g/mol. The number of halogens is 1. The van der Waals surface area contributed by atoms with E-state index in [1.807, 2.05) is 11.5 Å². The maximum atomic E-state index is 12.2. The van der Waals surface area contributed by atoms with E-state index >= 15 is 0 Å². The second-order valence-electron chi connectivity index (χ2n) is 4.31. The molecule has 0 saturated carbocycles. The number of anilines is 1. The van der Waals surface area contributed by atoms with Crippen molar-refractivity contribution in [2.75, 3.05) is 5.32 Å². The third-order valence-corrected chi connectivity index (χ3v) is 4.02. The lowest BCUT2D eigenvalue weighted by atomic mass is 10.3. The fraction of sp³-hybridized carbons (Fsp3) is 0.214. The molecule has 1 aromatic heterocycles. The van der Waals surface area contributed by atoms with E-state index in [9.17, 15) is 4.79 Å². The highest BCUT2D eigenvalue weighted by atomic mass is 35.5. The summed E-state index contributed by atoms with van der Waals surface area (Å²) in [4.78, 5) is 12.2. The minimum Gasteiger partial charge on any atom is -0.325 e. The van der Waals surface area contributed by atoms with Crippen LogP contribution in [0, 0.1) is 0 Å². The first-order valence-corrected chi connectivity index (χ1v) is 7.57. The highest BCUT2D eigenvalue weighted by Gasteiger charge is 2.17. The zero-order valence-electron chi connectivity index (χ0n) is 11.5. The van der Waals surface area contributed by atoms with Gasteiger partial charge in [0.05, 0.1) is 5.25 Å². The molecule has 7 heteroatoms. The van der Waals surface area contributed by atoms with Crippen molar-refractivity contribution < 1.29 is 4.79 Å². The van der Waals surface area contributed by atoms with Crippen molar-refractivity contribution in [3.8, 4) is 0 Å². The number of amides is 1. The molecule has 0 aliphatic heterocycles. The quantitative estimate of drug-likeness (QED) is 0.655. The molecule has 1 atom stereocenters. The van der Waals surface area contributed by atoms with Crippen molar-refractivity contribution in [1.82, 2.24) is 14.8 Å². The van der Waals surface area contributed by atoms with Crippen molar-refractivity contribution in [1.29, 1.82) is 0 Å². The third kappa shape index (κ3) is 4.34. The molecule has 0 bridgehead atoms. The van der Waals surface area contributed by atoms with Crippen LogP contribution in [0.3, 0.4) is 0 Å². The van der Waals surface area contributed by atoms with Crippen LogP contribution in [0.25, 0.3) is 0 Å². The van der Waals surface area contributed by atoms with Crippen LogP contribution in [0.15, 0.2) is 48.4 Å². The summed E-state index contributed by atoms with van der Waals surface area (Å²) in [6, 6.07) is 6.99. The summed E-state index contributed by atoms with van der Waals surface area (Å²) in [5, 5.41) is 11.7. The van der Waals surface area contributed by atoms with E-state index in [0.717, 1.165) is 0 Å². The van der Waals surface area contributed by atoms with Crippen LogP contribution >= 0.6 is 23.4 Å². The van der Waals surface area contributed by atoms with Crippen LogP contribution < -0.4 is 5.32 Å². The number of nitrogens with zero attached hydrogens (tertiary/aromatic N) is 3. The van der Waals surface area contributed by atoms with Gasteiger partial charge in [0.1, 0.15) is 6.33 Å². The van der Waals surface area contributed by atoms with Crippen LogP contribution in [-0.2, 0) is 11.3 Å². The largest absolute Gasteiger partial charge is 0.325 e. The molecule has 1 N–H and O–H groups in total. The van der Waals surface area contributed by atoms with Gasteiger partial charge in [0.25, 0.3) is 0 Å². The number of carbonyl (C=O) groups is 1. The van der Waals surface area contributed by atoms with Gasteiger partial charge in [-0.05, 0) is 31.2 Å². The second kappa shape index (κ2) is 7.28. The summed E-state index contributed by atoms with van der Waals surface area (Å²) in [6.45, 7) is 6.11. The van der Waals surface area contributed by atoms with E-state index in [-0.39, 0.29) is 11.2 Å². The van der Waals surface area contributed by atoms with Gasteiger partial charge in [-0.2, -0.15) is 0 Å². The molecule has 2 aromatic rings. The first-order chi connectivity index (χ1) is 10.1. The second-order valence-corrected chi connectivity index (χ2v) is 6.06. The zero-order valence-corrected chi connectivity index (χ0v) is 13.1. The van der Waals surface area contributed by atoms with E-state index in [0.29, 0.717) is 22.4 Å². The Hall–Kier alpha value is -1.79. The van der Waals surface area contributed by atoms with Crippen molar-refractivity contribution in [2.24, 2.45) is 0 Å². The molecular weight excluding hydrogens is 308 g/mol. The Morgan fingerprint density at radius 3 is 2.90 bits per heavy atom. The molecule has 2 rings (SSSR count). The predicted molar refractivity (Wildman–Crippen MR) is 85.6 cm³/mol. The van der Waals surface area contributed by atoms with Crippen LogP contribution in [0.1, 0.15) is 6.92 Å². The van der Waals surface area contributed by atoms with Gasteiger partial charge >= 0.3 is 0 Å². The fourth-order valence-electron chi connectivity index (χ4n) is 1.59. The molecule has 0 spiro atoms. The Bertz CT molecular complexity index is 626. The molecule has 21 heavy (non-hydrogen) atoms. The van der Waals surface area contributed by atoms with E-state index in [1.54, 1.807) is 36.7 Å². The molecule has 0 aliphatic carbocycles. The van der Waals surface area contributed by atoms with E-state index in [1.165, 1.54) is 11.8 Å². The van der Waals surface area contributed by atoms with Crippen LogP contribution in [0.4, 0.5) is 5.69 Å². The number of hydrogen-bond donors (Lipinski definition) is 1. The third-order valence-electron chi connectivity index (χ3n) is 2.67. The summed E-state index contributed by atoms with van der Waals surface area (Å²) in [7, 11) is 0. The normalized spacial score (nSPS) is 11.9. The predicted octanol–water partition coefficient (Wildman–Crippen LogP) is 3.24. The van der Waals surface area contributed by atoms with Crippen molar-refractivity contribution >= 4 is 35.0 Å². The van der Waals surface area contributed by atoms with Gasteiger partial charge in [0.2, 0.25) is 5.91 Å². The van der Waals surface area contributed by atoms with Gasteiger partial charge in [0.15, 0.2) is 5.16 Å². The number of carbonyl (C=O) groups excluding carboxylic acids is 1. The Morgan fingerprint density at radius 2 is 2.24 bits per heavy atom. The monoisotopic (exact) mass is 322 g/mol. The number of nitrogens with one attached hydrogen (secondary N) is 1. The Kier molecular flexibility index (Phi) is 5.41. The van der Waals surface area contributed by atoms with Gasteiger partial charge < -0.3 is 9.88 Å². The summed E-state index contributed by atoms with van der Waals surface area (Å²) >= 11 is 7.16. The van der Waals surface area contributed by atoms with Crippen molar-refractivity contribution in [3.05, 3.63) is 48.3 Å². The molecule has 1 amide bonds. The molecule has 0 saturated heterocycles. The van der Waals surface area contributed by atoms with Gasteiger partial charge in [0, 0.05) is 17.3 Å². The minimum absolute atomic E-state index is 0.101. The number of benzene rings is 1. The van der Waals surface area contributed by atoms with Gasteiger partial charge in [-0.15, -0.1) is 16.8 Å². The lowest BCUT2D eigenvalue weighted by Crippen LogP contribution is -2.22. The van der Waals surface area contributed by atoms with Gasteiger partial charge in [-0.3, -0.25) is 4.79 Å². The summed E-state index contributed by atoms with van der Waals surface area (Å²) < 4.78 is 1.84. The van der Waals surface area contributed by atoms with Crippen molar-refractivity contribution in [3.63, 3.8) is 0 Å². The number of rotatable bonds is 6.